The van der Waals surface area contributed by atoms with E-state index in [4.69, 9.17) is 9.47 Å². The topological polar surface area (TPSA) is 61.1 Å². The Morgan fingerprint density at radius 2 is 1.93 bits per heavy atom. The number of halogens is 3. The average Bonchev–Trinajstić information content (AvgIpc) is 3.14. The van der Waals surface area contributed by atoms with Crippen molar-refractivity contribution in [3.63, 3.8) is 0 Å². The summed E-state index contributed by atoms with van der Waals surface area (Å²) in [6, 6.07) is 9.19. The van der Waals surface area contributed by atoms with Gasteiger partial charge in [0.1, 0.15) is 5.75 Å². The molecule has 0 bridgehead atoms. The first-order valence-corrected chi connectivity index (χ1v) is 9.62. The SMILES string of the molecule is FC(F)(F)Oc1cccc(-c2cnc3ccc(OCCCN4CCOCC4)nn23)c1. The zero-order chi connectivity index (χ0) is 21.0. The Balaban J connectivity index is 1.44. The molecule has 4 rings (SSSR count). The normalized spacial score (nSPS) is 15.4. The van der Waals surface area contributed by atoms with Crippen LogP contribution in [-0.2, 0) is 4.74 Å². The molecule has 0 unspecified atom stereocenters. The summed E-state index contributed by atoms with van der Waals surface area (Å²) in [6.45, 7) is 4.82. The van der Waals surface area contributed by atoms with Crippen LogP contribution in [0.1, 0.15) is 6.42 Å². The highest BCUT2D eigenvalue weighted by atomic mass is 19.4. The van der Waals surface area contributed by atoms with Crippen LogP contribution >= 0.6 is 0 Å². The Hall–Kier alpha value is -2.85. The Morgan fingerprint density at radius 3 is 2.73 bits per heavy atom. The van der Waals surface area contributed by atoms with Crippen LogP contribution in [0, 0.1) is 0 Å². The minimum absolute atomic E-state index is 0.300. The number of aromatic nitrogens is 3. The molecular formula is C20H21F3N4O3. The number of alkyl halides is 3. The fraction of sp³-hybridized carbons (Fsp3) is 0.400. The number of fused-ring (bicyclic) bond motifs is 1. The van der Waals surface area contributed by atoms with Gasteiger partial charge in [-0.05, 0) is 24.6 Å². The van der Waals surface area contributed by atoms with Crippen LogP contribution in [0.15, 0.2) is 42.6 Å². The molecule has 7 nitrogen and oxygen atoms in total. The predicted octanol–water partition coefficient (Wildman–Crippen LogP) is 3.40. The van der Waals surface area contributed by atoms with E-state index in [1.165, 1.54) is 18.2 Å². The predicted molar refractivity (Wildman–Crippen MR) is 102 cm³/mol. The molecule has 0 atom stereocenters. The molecule has 30 heavy (non-hydrogen) atoms. The van der Waals surface area contributed by atoms with Crippen molar-refractivity contribution >= 4 is 5.65 Å². The van der Waals surface area contributed by atoms with Crippen molar-refractivity contribution in [3.8, 4) is 22.9 Å². The van der Waals surface area contributed by atoms with E-state index >= 15 is 0 Å². The molecule has 160 valence electrons. The van der Waals surface area contributed by atoms with Gasteiger partial charge in [-0.15, -0.1) is 18.3 Å². The van der Waals surface area contributed by atoms with E-state index in [-0.39, 0.29) is 5.75 Å². The lowest BCUT2D eigenvalue weighted by molar-refractivity contribution is -0.274. The molecule has 1 aliphatic heterocycles. The second kappa shape index (κ2) is 8.88. The first kappa shape index (κ1) is 20.4. The van der Waals surface area contributed by atoms with Crippen LogP contribution in [0.3, 0.4) is 0 Å². The minimum atomic E-state index is -4.75. The number of rotatable bonds is 7. The maximum absolute atomic E-state index is 12.5. The summed E-state index contributed by atoms with van der Waals surface area (Å²) in [5.74, 6) is 0.122. The third-order valence-electron chi connectivity index (χ3n) is 4.67. The van der Waals surface area contributed by atoms with Gasteiger partial charge >= 0.3 is 6.36 Å². The van der Waals surface area contributed by atoms with Crippen molar-refractivity contribution in [2.45, 2.75) is 12.8 Å². The largest absolute Gasteiger partial charge is 0.573 e. The highest BCUT2D eigenvalue weighted by molar-refractivity contribution is 5.64. The molecule has 2 aromatic heterocycles. The first-order chi connectivity index (χ1) is 14.5. The highest BCUT2D eigenvalue weighted by Crippen LogP contribution is 2.28. The number of morpholine rings is 1. The Bertz CT molecular complexity index is 987. The van der Waals surface area contributed by atoms with Gasteiger partial charge in [0.2, 0.25) is 5.88 Å². The van der Waals surface area contributed by atoms with Crippen LogP contribution in [0.25, 0.3) is 16.9 Å². The second-order valence-electron chi connectivity index (χ2n) is 6.82. The van der Waals surface area contributed by atoms with Gasteiger partial charge < -0.3 is 14.2 Å². The van der Waals surface area contributed by atoms with Crippen LogP contribution < -0.4 is 9.47 Å². The third-order valence-corrected chi connectivity index (χ3v) is 4.67. The van der Waals surface area contributed by atoms with Gasteiger partial charge in [0.15, 0.2) is 5.65 Å². The number of benzene rings is 1. The quantitative estimate of drug-likeness (QED) is 0.544. The molecule has 3 heterocycles. The smallest absolute Gasteiger partial charge is 0.477 e. The zero-order valence-corrected chi connectivity index (χ0v) is 16.1. The molecule has 1 fully saturated rings. The van der Waals surface area contributed by atoms with E-state index in [2.05, 4.69) is 19.7 Å². The number of hydrogen-bond donors (Lipinski definition) is 0. The average molecular weight is 422 g/mol. The zero-order valence-electron chi connectivity index (χ0n) is 16.1. The van der Waals surface area contributed by atoms with Gasteiger partial charge in [0.25, 0.3) is 0 Å². The van der Waals surface area contributed by atoms with E-state index in [0.717, 1.165) is 39.3 Å². The molecular weight excluding hydrogens is 401 g/mol. The molecule has 1 aliphatic rings. The standard InChI is InChI=1S/C20H21F3N4O3/c21-20(22,23)30-16-4-1-3-15(13-16)17-14-24-18-5-6-19(25-27(17)18)29-10-2-7-26-8-11-28-12-9-26/h1,3-6,13-14H,2,7-12H2. The lowest BCUT2D eigenvalue weighted by Gasteiger charge is -2.26. The fourth-order valence-electron chi connectivity index (χ4n) is 3.27. The van der Waals surface area contributed by atoms with E-state index in [1.54, 1.807) is 28.9 Å². The minimum Gasteiger partial charge on any atom is -0.477 e. The molecule has 10 heteroatoms. The first-order valence-electron chi connectivity index (χ1n) is 9.62. The molecule has 0 saturated carbocycles. The molecule has 0 spiro atoms. The lowest BCUT2D eigenvalue weighted by Crippen LogP contribution is -2.37. The van der Waals surface area contributed by atoms with Gasteiger partial charge in [0.05, 0.1) is 31.7 Å². The van der Waals surface area contributed by atoms with E-state index in [0.29, 0.717) is 29.4 Å². The number of ether oxygens (including phenoxy) is 3. The van der Waals surface area contributed by atoms with E-state index in [1.807, 2.05) is 0 Å². The maximum atomic E-state index is 12.5. The van der Waals surface area contributed by atoms with Gasteiger partial charge in [-0.2, -0.15) is 0 Å². The molecule has 0 radical (unpaired) electrons. The fourth-order valence-corrected chi connectivity index (χ4v) is 3.27. The van der Waals surface area contributed by atoms with Crippen molar-refractivity contribution < 1.29 is 27.4 Å². The van der Waals surface area contributed by atoms with E-state index in [9.17, 15) is 13.2 Å². The molecule has 1 aromatic carbocycles. The summed E-state index contributed by atoms with van der Waals surface area (Å²) in [7, 11) is 0. The van der Waals surface area contributed by atoms with Gasteiger partial charge in [-0.25, -0.2) is 9.50 Å². The summed E-state index contributed by atoms with van der Waals surface area (Å²) in [6.07, 6.45) is -2.34. The van der Waals surface area contributed by atoms with Crippen molar-refractivity contribution in [1.29, 1.82) is 0 Å². The molecule has 1 saturated heterocycles. The summed E-state index contributed by atoms with van der Waals surface area (Å²) in [5.41, 5.74) is 1.60. The summed E-state index contributed by atoms with van der Waals surface area (Å²) < 4.78 is 54.2. The number of nitrogens with zero attached hydrogens (tertiary/aromatic N) is 4. The van der Waals surface area contributed by atoms with Gasteiger partial charge in [-0.1, -0.05) is 12.1 Å². The van der Waals surface area contributed by atoms with Crippen molar-refractivity contribution in [1.82, 2.24) is 19.5 Å². The molecule has 3 aromatic rings. The van der Waals surface area contributed by atoms with Crippen LogP contribution in [0.2, 0.25) is 0 Å². The van der Waals surface area contributed by atoms with Crippen molar-refractivity contribution in [2.75, 3.05) is 39.5 Å². The summed E-state index contributed by atoms with van der Waals surface area (Å²) >= 11 is 0. The van der Waals surface area contributed by atoms with Gasteiger partial charge in [0, 0.05) is 31.3 Å². The van der Waals surface area contributed by atoms with Crippen LogP contribution in [-0.4, -0.2) is 65.3 Å². The van der Waals surface area contributed by atoms with Crippen LogP contribution in [0.5, 0.6) is 11.6 Å². The summed E-state index contributed by atoms with van der Waals surface area (Å²) in [4.78, 5) is 6.59. The molecule has 0 amide bonds. The van der Waals surface area contributed by atoms with Crippen molar-refractivity contribution in [3.05, 3.63) is 42.6 Å². The Labute approximate surface area is 171 Å². The van der Waals surface area contributed by atoms with E-state index < -0.39 is 6.36 Å². The second-order valence-corrected chi connectivity index (χ2v) is 6.82. The maximum Gasteiger partial charge on any atom is 0.573 e. The lowest BCUT2D eigenvalue weighted by atomic mass is 10.1. The third kappa shape index (κ3) is 5.19. The monoisotopic (exact) mass is 422 g/mol. The van der Waals surface area contributed by atoms with Gasteiger partial charge in [-0.3, -0.25) is 4.90 Å². The summed E-state index contributed by atoms with van der Waals surface area (Å²) in [5, 5.41) is 4.44. The number of imidazole rings is 1. The van der Waals surface area contributed by atoms with Crippen molar-refractivity contribution in [2.24, 2.45) is 0 Å². The molecule has 0 N–H and O–H groups in total. The molecule has 0 aliphatic carbocycles. The number of hydrogen-bond acceptors (Lipinski definition) is 6. The highest BCUT2D eigenvalue weighted by Gasteiger charge is 2.31. The van der Waals surface area contributed by atoms with Crippen LogP contribution in [0.4, 0.5) is 13.2 Å². The Kier molecular flexibility index (Phi) is 6.05. The Morgan fingerprint density at radius 1 is 1.10 bits per heavy atom.